The van der Waals surface area contributed by atoms with Crippen LogP contribution in [0.2, 0.25) is 0 Å². The number of carbonyl (C=O) groups is 1. The molecule has 1 N–H and O–H groups in total. The number of benzene rings is 2. The van der Waals surface area contributed by atoms with Gasteiger partial charge in [0.2, 0.25) is 17.6 Å². The van der Waals surface area contributed by atoms with Crippen LogP contribution < -0.4 is 10.1 Å². The van der Waals surface area contributed by atoms with Crippen LogP contribution in [0.3, 0.4) is 0 Å². The van der Waals surface area contributed by atoms with Crippen molar-refractivity contribution in [3.05, 3.63) is 90.1 Å². The molecule has 1 amide bonds. The smallest absolute Gasteiger partial charge is 0.227 e. The van der Waals surface area contributed by atoms with Gasteiger partial charge in [-0.25, -0.2) is 0 Å². The van der Waals surface area contributed by atoms with Gasteiger partial charge in [0.1, 0.15) is 5.75 Å². The third kappa shape index (κ3) is 5.33. The molecule has 4 rings (SSSR count). The number of hydrogen-bond acceptors (Lipinski definition) is 6. The Labute approximate surface area is 180 Å². The molecule has 0 saturated carbocycles. The Hall–Kier alpha value is -4.00. The molecule has 4 aromatic rings. The zero-order valence-electron chi connectivity index (χ0n) is 17.1. The summed E-state index contributed by atoms with van der Waals surface area (Å²) in [5.41, 5.74) is 3.72. The van der Waals surface area contributed by atoms with Crippen LogP contribution in [0.1, 0.15) is 23.4 Å². The van der Waals surface area contributed by atoms with Gasteiger partial charge in [-0.2, -0.15) is 4.98 Å². The van der Waals surface area contributed by atoms with E-state index in [-0.39, 0.29) is 12.3 Å². The monoisotopic (exact) mass is 414 g/mol. The summed E-state index contributed by atoms with van der Waals surface area (Å²) in [6.45, 7) is 0. The summed E-state index contributed by atoms with van der Waals surface area (Å²) in [6, 6.07) is 19.4. The first kappa shape index (κ1) is 20.3. The lowest BCUT2D eigenvalue weighted by atomic mass is 10.0. The van der Waals surface area contributed by atoms with Gasteiger partial charge in [0.15, 0.2) is 0 Å². The van der Waals surface area contributed by atoms with Crippen LogP contribution in [-0.2, 0) is 17.6 Å². The standard InChI is InChI=1S/C24H22N4O3/c1-30-21-8-7-20(16-19(21)15-17-5-3-2-4-6-17)26-22(29)9-10-23-27-24(28-31-23)18-11-13-25-14-12-18/h2-8,11-14,16H,9-10,15H2,1H3,(H,26,29). The Balaban J connectivity index is 1.37. The SMILES string of the molecule is COc1ccc(NC(=O)CCc2nc(-c3ccncc3)no2)cc1Cc1ccccc1. The molecule has 0 spiro atoms. The molecule has 0 unspecified atom stereocenters. The summed E-state index contributed by atoms with van der Waals surface area (Å²) in [5.74, 6) is 1.57. The number of anilines is 1. The van der Waals surface area contributed by atoms with E-state index in [4.69, 9.17) is 9.26 Å². The third-order valence-corrected chi connectivity index (χ3v) is 4.77. The number of pyridine rings is 1. The van der Waals surface area contributed by atoms with Crippen LogP contribution in [0.4, 0.5) is 5.69 Å². The lowest BCUT2D eigenvalue weighted by Crippen LogP contribution is -2.12. The first-order chi connectivity index (χ1) is 15.2. The van der Waals surface area contributed by atoms with Crippen molar-refractivity contribution in [3.8, 4) is 17.1 Å². The maximum atomic E-state index is 12.4. The maximum Gasteiger partial charge on any atom is 0.227 e. The quantitative estimate of drug-likeness (QED) is 0.462. The Bertz CT molecular complexity index is 1140. The van der Waals surface area contributed by atoms with Crippen molar-refractivity contribution >= 4 is 11.6 Å². The van der Waals surface area contributed by atoms with Crippen LogP contribution in [0.25, 0.3) is 11.4 Å². The summed E-state index contributed by atoms with van der Waals surface area (Å²) < 4.78 is 10.7. The van der Waals surface area contributed by atoms with E-state index in [0.717, 1.165) is 22.6 Å². The van der Waals surface area contributed by atoms with E-state index in [0.29, 0.717) is 24.6 Å². The van der Waals surface area contributed by atoms with Crippen molar-refractivity contribution in [3.63, 3.8) is 0 Å². The largest absolute Gasteiger partial charge is 0.496 e. The minimum Gasteiger partial charge on any atom is -0.496 e. The minimum atomic E-state index is -0.125. The number of carbonyl (C=O) groups excluding carboxylic acids is 1. The second-order valence-corrected chi connectivity index (χ2v) is 6.98. The summed E-state index contributed by atoms with van der Waals surface area (Å²) in [5, 5.41) is 6.89. The average molecular weight is 414 g/mol. The van der Waals surface area contributed by atoms with Gasteiger partial charge < -0.3 is 14.6 Å². The number of ether oxygens (including phenoxy) is 1. The van der Waals surface area contributed by atoms with E-state index in [9.17, 15) is 4.79 Å². The fourth-order valence-corrected chi connectivity index (χ4v) is 3.23. The fourth-order valence-electron chi connectivity index (χ4n) is 3.23. The van der Waals surface area contributed by atoms with E-state index < -0.39 is 0 Å². The molecule has 0 saturated heterocycles. The predicted octanol–water partition coefficient (Wildman–Crippen LogP) is 4.30. The van der Waals surface area contributed by atoms with Crippen LogP contribution in [0, 0.1) is 0 Å². The molecule has 2 aromatic heterocycles. The summed E-state index contributed by atoms with van der Waals surface area (Å²) in [6.07, 6.45) is 4.64. The van der Waals surface area contributed by atoms with E-state index in [1.165, 1.54) is 5.56 Å². The highest BCUT2D eigenvalue weighted by Gasteiger charge is 2.12. The Morgan fingerprint density at radius 1 is 1.06 bits per heavy atom. The molecule has 0 radical (unpaired) electrons. The minimum absolute atomic E-state index is 0.125. The molecule has 2 aromatic carbocycles. The van der Waals surface area contributed by atoms with Gasteiger partial charge in [-0.05, 0) is 35.9 Å². The molecule has 0 fully saturated rings. The molecule has 31 heavy (non-hydrogen) atoms. The van der Waals surface area contributed by atoms with Crippen molar-refractivity contribution in [1.82, 2.24) is 15.1 Å². The van der Waals surface area contributed by atoms with Crippen molar-refractivity contribution in [2.24, 2.45) is 0 Å². The number of methoxy groups -OCH3 is 1. The molecule has 0 aliphatic heterocycles. The molecule has 0 atom stereocenters. The van der Waals surface area contributed by atoms with Crippen LogP contribution >= 0.6 is 0 Å². The summed E-state index contributed by atoms with van der Waals surface area (Å²) >= 11 is 0. The van der Waals surface area contributed by atoms with Gasteiger partial charge in [0.05, 0.1) is 7.11 Å². The number of nitrogens with one attached hydrogen (secondary N) is 1. The van der Waals surface area contributed by atoms with E-state index in [1.54, 1.807) is 31.6 Å². The molecular weight excluding hydrogens is 392 g/mol. The van der Waals surface area contributed by atoms with Crippen molar-refractivity contribution < 1.29 is 14.1 Å². The normalized spacial score (nSPS) is 10.6. The topological polar surface area (TPSA) is 90.1 Å². The van der Waals surface area contributed by atoms with Crippen molar-refractivity contribution in [1.29, 1.82) is 0 Å². The Morgan fingerprint density at radius 3 is 2.65 bits per heavy atom. The van der Waals surface area contributed by atoms with Gasteiger partial charge in [-0.15, -0.1) is 0 Å². The molecule has 7 heteroatoms. The van der Waals surface area contributed by atoms with Crippen LogP contribution in [-0.4, -0.2) is 28.1 Å². The van der Waals surface area contributed by atoms with E-state index in [1.807, 2.05) is 36.4 Å². The number of hydrogen-bond donors (Lipinski definition) is 1. The van der Waals surface area contributed by atoms with Crippen molar-refractivity contribution in [2.45, 2.75) is 19.3 Å². The molecule has 0 aliphatic carbocycles. The van der Waals surface area contributed by atoms with Crippen LogP contribution in [0.5, 0.6) is 5.75 Å². The average Bonchev–Trinajstić information content (AvgIpc) is 3.28. The lowest BCUT2D eigenvalue weighted by Gasteiger charge is -2.12. The Morgan fingerprint density at radius 2 is 1.87 bits per heavy atom. The number of nitrogens with zero attached hydrogens (tertiary/aromatic N) is 3. The number of rotatable bonds is 8. The van der Waals surface area contributed by atoms with Gasteiger partial charge in [0, 0.05) is 48.5 Å². The first-order valence-electron chi connectivity index (χ1n) is 9.95. The van der Waals surface area contributed by atoms with Crippen molar-refractivity contribution in [2.75, 3.05) is 12.4 Å². The summed E-state index contributed by atoms with van der Waals surface area (Å²) in [4.78, 5) is 20.8. The second kappa shape index (κ2) is 9.67. The van der Waals surface area contributed by atoms with Gasteiger partial charge in [-0.1, -0.05) is 35.5 Å². The fraction of sp³-hybridized carbons (Fsp3) is 0.167. The molecular formula is C24H22N4O3. The van der Waals surface area contributed by atoms with Gasteiger partial charge in [0.25, 0.3) is 0 Å². The number of aryl methyl sites for hydroxylation is 1. The highest BCUT2D eigenvalue weighted by atomic mass is 16.5. The first-order valence-corrected chi connectivity index (χ1v) is 9.95. The van der Waals surface area contributed by atoms with Gasteiger partial charge >= 0.3 is 0 Å². The molecule has 7 nitrogen and oxygen atoms in total. The molecule has 2 heterocycles. The molecule has 0 bridgehead atoms. The predicted molar refractivity (Wildman–Crippen MR) is 117 cm³/mol. The highest BCUT2D eigenvalue weighted by Crippen LogP contribution is 2.25. The summed E-state index contributed by atoms with van der Waals surface area (Å²) in [7, 11) is 1.65. The zero-order valence-corrected chi connectivity index (χ0v) is 17.1. The lowest BCUT2D eigenvalue weighted by molar-refractivity contribution is -0.116. The number of aromatic nitrogens is 3. The maximum absolute atomic E-state index is 12.4. The van der Waals surface area contributed by atoms with E-state index >= 15 is 0 Å². The van der Waals surface area contributed by atoms with E-state index in [2.05, 4.69) is 32.6 Å². The Kier molecular flexibility index (Phi) is 6.32. The van der Waals surface area contributed by atoms with Gasteiger partial charge in [-0.3, -0.25) is 9.78 Å². The second-order valence-electron chi connectivity index (χ2n) is 6.98. The zero-order chi connectivity index (χ0) is 21.5. The van der Waals surface area contributed by atoms with Crippen LogP contribution in [0.15, 0.2) is 77.6 Å². The number of amides is 1. The molecule has 0 aliphatic rings. The molecule has 156 valence electrons. The highest BCUT2D eigenvalue weighted by molar-refractivity contribution is 5.91. The third-order valence-electron chi connectivity index (χ3n) is 4.77.